The van der Waals surface area contributed by atoms with E-state index in [0.717, 1.165) is 19.3 Å². The summed E-state index contributed by atoms with van der Waals surface area (Å²) in [7, 11) is 0. The number of alkyl halides is 1. The molecule has 2 atom stereocenters. The Bertz CT molecular complexity index is 175. The molecule has 0 bridgehead atoms. The second-order valence-electron chi connectivity index (χ2n) is 6.03. The standard InChI is InChI=1S/C12H24FN/c1-10-5-6-12(13,9-14-10)8-7-11(2,3)4/h10,14H,5-9H2,1-4H3. The lowest BCUT2D eigenvalue weighted by Gasteiger charge is -2.35. The first kappa shape index (κ1) is 12.0. The SMILES string of the molecule is CC1CCC(F)(CCC(C)(C)C)CN1. The van der Waals surface area contributed by atoms with Gasteiger partial charge in [0.15, 0.2) is 0 Å². The Hall–Kier alpha value is -0.110. The van der Waals surface area contributed by atoms with Crippen molar-refractivity contribution in [2.24, 2.45) is 5.41 Å². The highest BCUT2D eigenvalue weighted by Crippen LogP contribution is 2.32. The lowest BCUT2D eigenvalue weighted by Crippen LogP contribution is -2.46. The molecule has 1 saturated heterocycles. The fraction of sp³-hybridized carbons (Fsp3) is 1.00. The molecule has 84 valence electrons. The van der Waals surface area contributed by atoms with E-state index in [9.17, 15) is 4.39 Å². The zero-order valence-electron chi connectivity index (χ0n) is 9.99. The maximum Gasteiger partial charge on any atom is 0.123 e. The van der Waals surface area contributed by atoms with Gasteiger partial charge >= 0.3 is 0 Å². The first-order valence-electron chi connectivity index (χ1n) is 5.73. The van der Waals surface area contributed by atoms with E-state index >= 15 is 0 Å². The van der Waals surface area contributed by atoms with Crippen molar-refractivity contribution in [2.75, 3.05) is 6.54 Å². The normalized spacial score (nSPS) is 34.5. The Morgan fingerprint density at radius 3 is 2.50 bits per heavy atom. The third-order valence-electron chi connectivity index (χ3n) is 3.12. The molecule has 1 aliphatic rings. The summed E-state index contributed by atoms with van der Waals surface area (Å²) < 4.78 is 14.2. The van der Waals surface area contributed by atoms with Crippen LogP contribution in [0.5, 0.6) is 0 Å². The average Bonchev–Trinajstić information content (AvgIpc) is 2.07. The molecule has 0 aliphatic carbocycles. The van der Waals surface area contributed by atoms with E-state index in [1.807, 2.05) is 0 Å². The van der Waals surface area contributed by atoms with E-state index in [-0.39, 0.29) is 5.41 Å². The topological polar surface area (TPSA) is 12.0 Å². The van der Waals surface area contributed by atoms with Crippen molar-refractivity contribution in [1.82, 2.24) is 5.32 Å². The molecule has 1 N–H and O–H groups in total. The van der Waals surface area contributed by atoms with Crippen LogP contribution in [0.15, 0.2) is 0 Å². The monoisotopic (exact) mass is 201 g/mol. The van der Waals surface area contributed by atoms with Gasteiger partial charge in [0.1, 0.15) is 5.67 Å². The van der Waals surface area contributed by atoms with Crippen LogP contribution in [-0.2, 0) is 0 Å². The largest absolute Gasteiger partial charge is 0.311 e. The third-order valence-corrected chi connectivity index (χ3v) is 3.12. The third kappa shape index (κ3) is 3.95. The quantitative estimate of drug-likeness (QED) is 0.723. The van der Waals surface area contributed by atoms with Crippen LogP contribution in [0.4, 0.5) is 4.39 Å². The van der Waals surface area contributed by atoms with Crippen molar-refractivity contribution in [3.8, 4) is 0 Å². The summed E-state index contributed by atoms with van der Waals surface area (Å²) in [6, 6.07) is 0.494. The van der Waals surface area contributed by atoms with Crippen molar-refractivity contribution in [3.63, 3.8) is 0 Å². The Labute approximate surface area is 87.5 Å². The van der Waals surface area contributed by atoms with Gasteiger partial charge in [-0.15, -0.1) is 0 Å². The summed E-state index contributed by atoms with van der Waals surface area (Å²) in [5, 5.41) is 3.23. The van der Waals surface area contributed by atoms with Crippen molar-refractivity contribution in [2.45, 2.75) is 65.1 Å². The van der Waals surface area contributed by atoms with E-state index in [2.05, 4.69) is 33.0 Å². The van der Waals surface area contributed by atoms with Gasteiger partial charge in [0.2, 0.25) is 0 Å². The van der Waals surface area contributed by atoms with Crippen molar-refractivity contribution in [3.05, 3.63) is 0 Å². The first-order chi connectivity index (χ1) is 6.31. The van der Waals surface area contributed by atoms with Crippen LogP contribution in [0.3, 0.4) is 0 Å². The Morgan fingerprint density at radius 2 is 2.07 bits per heavy atom. The minimum atomic E-state index is -0.945. The lowest BCUT2D eigenvalue weighted by molar-refractivity contribution is 0.0826. The highest BCUT2D eigenvalue weighted by molar-refractivity contribution is 4.89. The lowest BCUT2D eigenvalue weighted by atomic mass is 9.82. The summed E-state index contributed by atoms with van der Waals surface area (Å²) in [5.74, 6) is 0. The second-order valence-corrected chi connectivity index (χ2v) is 6.03. The van der Waals surface area contributed by atoms with Gasteiger partial charge in [-0.1, -0.05) is 20.8 Å². The summed E-state index contributed by atoms with van der Waals surface area (Å²) in [4.78, 5) is 0. The van der Waals surface area contributed by atoms with Gasteiger partial charge in [-0.2, -0.15) is 0 Å². The number of hydrogen-bond acceptors (Lipinski definition) is 1. The van der Waals surface area contributed by atoms with Crippen LogP contribution in [0.1, 0.15) is 53.4 Å². The molecule has 1 heterocycles. The number of rotatable bonds is 2. The summed E-state index contributed by atoms with van der Waals surface area (Å²) in [5.41, 5.74) is -0.693. The van der Waals surface area contributed by atoms with Gasteiger partial charge < -0.3 is 5.32 Å². The Balaban J connectivity index is 2.36. The Kier molecular flexibility index (Phi) is 3.57. The molecule has 1 fully saturated rings. The minimum Gasteiger partial charge on any atom is -0.311 e. The predicted octanol–water partition coefficient (Wildman–Crippen LogP) is 3.29. The number of piperidine rings is 1. The van der Waals surface area contributed by atoms with Gasteiger partial charge in [-0.25, -0.2) is 4.39 Å². The molecule has 0 saturated carbocycles. The molecule has 1 rings (SSSR count). The van der Waals surface area contributed by atoms with Crippen molar-refractivity contribution >= 4 is 0 Å². The predicted molar refractivity (Wildman–Crippen MR) is 59.2 cm³/mol. The van der Waals surface area contributed by atoms with Crippen molar-refractivity contribution in [1.29, 1.82) is 0 Å². The maximum atomic E-state index is 14.2. The summed E-state index contributed by atoms with van der Waals surface area (Å²) >= 11 is 0. The van der Waals surface area contributed by atoms with Crippen molar-refractivity contribution < 1.29 is 4.39 Å². The van der Waals surface area contributed by atoms with Crippen LogP contribution >= 0.6 is 0 Å². The van der Waals surface area contributed by atoms with Gasteiger partial charge in [0.05, 0.1) is 0 Å². The molecule has 1 nitrogen and oxygen atoms in total. The van der Waals surface area contributed by atoms with Gasteiger partial charge in [-0.05, 0) is 38.0 Å². The highest BCUT2D eigenvalue weighted by atomic mass is 19.1. The molecular weight excluding hydrogens is 177 g/mol. The fourth-order valence-electron chi connectivity index (χ4n) is 1.84. The first-order valence-corrected chi connectivity index (χ1v) is 5.73. The molecule has 0 radical (unpaired) electrons. The highest BCUT2D eigenvalue weighted by Gasteiger charge is 2.34. The minimum absolute atomic E-state index is 0.252. The molecular formula is C12H24FN. The zero-order chi connectivity index (χ0) is 10.8. The molecule has 14 heavy (non-hydrogen) atoms. The number of nitrogens with one attached hydrogen (secondary N) is 1. The van der Waals surface area contributed by atoms with Crippen LogP contribution in [-0.4, -0.2) is 18.3 Å². The molecule has 0 spiro atoms. The molecule has 0 aromatic heterocycles. The smallest absolute Gasteiger partial charge is 0.123 e. The number of halogens is 1. The van der Waals surface area contributed by atoms with E-state index < -0.39 is 5.67 Å². The molecule has 0 aromatic carbocycles. The molecule has 0 aromatic rings. The maximum absolute atomic E-state index is 14.2. The van der Waals surface area contributed by atoms with E-state index in [1.54, 1.807) is 0 Å². The molecule has 2 unspecified atom stereocenters. The summed E-state index contributed by atoms with van der Waals surface area (Å²) in [6.07, 6.45) is 3.38. The van der Waals surface area contributed by atoms with Crippen LogP contribution in [0, 0.1) is 5.41 Å². The fourth-order valence-corrected chi connectivity index (χ4v) is 1.84. The average molecular weight is 201 g/mol. The van der Waals surface area contributed by atoms with E-state index in [1.165, 1.54) is 0 Å². The van der Waals surface area contributed by atoms with E-state index in [4.69, 9.17) is 0 Å². The summed E-state index contributed by atoms with van der Waals surface area (Å²) in [6.45, 7) is 9.20. The van der Waals surface area contributed by atoms with Gasteiger partial charge in [-0.3, -0.25) is 0 Å². The van der Waals surface area contributed by atoms with Crippen LogP contribution < -0.4 is 5.32 Å². The molecule has 1 aliphatic heterocycles. The molecule has 0 amide bonds. The number of hydrogen-bond donors (Lipinski definition) is 1. The van der Waals surface area contributed by atoms with Crippen LogP contribution in [0.2, 0.25) is 0 Å². The van der Waals surface area contributed by atoms with E-state index in [0.29, 0.717) is 19.0 Å². The Morgan fingerprint density at radius 1 is 1.43 bits per heavy atom. The molecule has 2 heteroatoms. The van der Waals surface area contributed by atoms with Gasteiger partial charge in [0, 0.05) is 12.6 Å². The van der Waals surface area contributed by atoms with Gasteiger partial charge in [0.25, 0.3) is 0 Å². The second kappa shape index (κ2) is 4.18. The zero-order valence-corrected chi connectivity index (χ0v) is 9.99. The van der Waals surface area contributed by atoms with Crippen LogP contribution in [0.25, 0.3) is 0 Å².